The van der Waals surface area contributed by atoms with Gasteiger partial charge >= 0.3 is 0 Å². The molecule has 0 radical (unpaired) electrons. The van der Waals surface area contributed by atoms with Gasteiger partial charge in [0.25, 0.3) is 0 Å². The summed E-state index contributed by atoms with van der Waals surface area (Å²) in [6.45, 7) is 2.20. The van der Waals surface area contributed by atoms with Crippen molar-refractivity contribution in [1.82, 2.24) is 0 Å². The third kappa shape index (κ3) is 3.46. The maximum Gasteiger partial charge on any atom is 0.187 e. The number of halogens is 2. The van der Waals surface area contributed by atoms with Crippen molar-refractivity contribution in [3.63, 3.8) is 0 Å². The number of phenols is 1. The highest BCUT2D eigenvalue weighted by atomic mass is 19.1. The maximum atomic E-state index is 13.3. The van der Waals surface area contributed by atoms with Crippen LogP contribution in [0.25, 0.3) is 0 Å². The Kier molecular flexibility index (Phi) is 4.78. The molecule has 0 saturated heterocycles. The zero-order valence-electron chi connectivity index (χ0n) is 11.5. The lowest BCUT2D eigenvalue weighted by molar-refractivity contribution is 0.303. The summed E-state index contributed by atoms with van der Waals surface area (Å²) >= 11 is 0. The van der Waals surface area contributed by atoms with Gasteiger partial charge in [-0.15, -0.1) is 0 Å². The van der Waals surface area contributed by atoms with E-state index in [0.29, 0.717) is 5.56 Å². The summed E-state index contributed by atoms with van der Waals surface area (Å²) in [5.74, 6) is -1.53. The zero-order chi connectivity index (χ0) is 13.8. The molecule has 0 unspecified atom stereocenters. The summed E-state index contributed by atoms with van der Waals surface area (Å²) < 4.78 is 26.7. The maximum absolute atomic E-state index is 13.3. The molecule has 1 nitrogen and oxygen atoms in total. The molecule has 1 aliphatic carbocycles. The molecule has 0 bridgehead atoms. The van der Waals surface area contributed by atoms with Gasteiger partial charge in [0, 0.05) is 0 Å². The topological polar surface area (TPSA) is 20.2 Å². The lowest BCUT2D eigenvalue weighted by atomic mass is 9.77. The van der Waals surface area contributed by atoms with Crippen molar-refractivity contribution in [3.8, 4) is 5.75 Å². The number of unbranched alkanes of at least 4 members (excludes halogenated alkanes) is 1. The Bertz CT molecular complexity index is 400. The van der Waals surface area contributed by atoms with Crippen molar-refractivity contribution in [1.29, 1.82) is 0 Å². The Morgan fingerprint density at radius 1 is 1.11 bits per heavy atom. The van der Waals surface area contributed by atoms with Gasteiger partial charge in [0.2, 0.25) is 0 Å². The van der Waals surface area contributed by atoms with E-state index >= 15 is 0 Å². The lowest BCUT2D eigenvalue weighted by Gasteiger charge is -2.29. The molecule has 0 heterocycles. The molecule has 0 amide bonds. The van der Waals surface area contributed by atoms with Crippen LogP contribution >= 0.6 is 0 Å². The summed E-state index contributed by atoms with van der Waals surface area (Å²) in [6.07, 6.45) is 8.08. The van der Waals surface area contributed by atoms with E-state index in [9.17, 15) is 8.78 Å². The molecule has 1 aromatic carbocycles. The monoisotopic (exact) mass is 268 g/mol. The summed E-state index contributed by atoms with van der Waals surface area (Å²) in [5, 5.41) is 9.12. The van der Waals surface area contributed by atoms with Crippen LogP contribution in [0.4, 0.5) is 8.78 Å². The third-order valence-corrected chi connectivity index (χ3v) is 4.32. The Labute approximate surface area is 113 Å². The molecule has 0 aromatic heterocycles. The lowest BCUT2D eigenvalue weighted by Crippen LogP contribution is -2.13. The highest BCUT2D eigenvalue weighted by molar-refractivity contribution is 5.32. The number of hydrogen-bond acceptors (Lipinski definition) is 1. The van der Waals surface area contributed by atoms with Gasteiger partial charge in [-0.05, 0) is 55.2 Å². The largest absolute Gasteiger partial charge is 0.503 e. The van der Waals surface area contributed by atoms with Crippen LogP contribution in [0, 0.1) is 17.6 Å². The van der Waals surface area contributed by atoms with Gasteiger partial charge in [-0.25, -0.2) is 8.78 Å². The minimum absolute atomic E-state index is 0.238. The van der Waals surface area contributed by atoms with E-state index in [1.54, 1.807) is 0 Å². The first-order valence-electron chi connectivity index (χ1n) is 7.29. The molecule has 0 aliphatic heterocycles. The molecule has 1 aromatic rings. The molecule has 1 saturated carbocycles. The summed E-state index contributed by atoms with van der Waals surface area (Å²) in [7, 11) is 0. The SMILES string of the molecule is CCCC[C@H]1CC[C@H](c2cc(F)c(O)c(F)c2)CC1. The second-order valence-corrected chi connectivity index (χ2v) is 5.69. The standard InChI is InChI=1S/C16H22F2O/c1-2-3-4-11-5-7-12(8-6-11)13-9-14(17)16(19)15(18)10-13/h9-12,19H,2-8H2,1H3/t11-,12-. The van der Waals surface area contributed by atoms with Crippen LogP contribution in [0.15, 0.2) is 12.1 Å². The highest BCUT2D eigenvalue weighted by Crippen LogP contribution is 2.39. The molecule has 1 fully saturated rings. The average molecular weight is 268 g/mol. The van der Waals surface area contributed by atoms with E-state index in [1.807, 2.05) is 0 Å². The quantitative estimate of drug-likeness (QED) is 0.802. The Morgan fingerprint density at radius 3 is 2.21 bits per heavy atom. The molecule has 19 heavy (non-hydrogen) atoms. The van der Waals surface area contributed by atoms with E-state index < -0.39 is 17.4 Å². The van der Waals surface area contributed by atoms with E-state index in [4.69, 9.17) is 5.11 Å². The van der Waals surface area contributed by atoms with E-state index in [0.717, 1.165) is 31.6 Å². The van der Waals surface area contributed by atoms with Crippen molar-refractivity contribution >= 4 is 0 Å². The first kappa shape index (κ1) is 14.3. The number of aromatic hydroxyl groups is 1. The van der Waals surface area contributed by atoms with Crippen LogP contribution in [0.5, 0.6) is 5.75 Å². The van der Waals surface area contributed by atoms with Crippen molar-refractivity contribution in [2.45, 2.75) is 57.8 Å². The predicted molar refractivity (Wildman–Crippen MR) is 72.2 cm³/mol. The minimum Gasteiger partial charge on any atom is -0.503 e. The van der Waals surface area contributed by atoms with Gasteiger partial charge in [0.1, 0.15) is 0 Å². The second kappa shape index (κ2) is 6.36. The molecule has 1 aliphatic rings. The van der Waals surface area contributed by atoms with E-state index in [2.05, 4.69) is 6.92 Å². The summed E-state index contributed by atoms with van der Waals surface area (Å²) in [4.78, 5) is 0. The van der Waals surface area contributed by atoms with E-state index in [1.165, 1.54) is 31.4 Å². The summed E-state index contributed by atoms with van der Waals surface area (Å²) in [6, 6.07) is 2.57. The third-order valence-electron chi connectivity index (χ3n) is 4.32. The average Bonchev–Trinajstić information content (AvgIpc) is 2.42. The smallest absolute Gasteiger partial charge is 0.187 e. The second-order valence-electron chi connectivity index (χ2n) is 5.69. The number of rotatable bonds is 4. The summed E-state index contributed by atoms with van der Waals surface area (Å²) in [5.41, 5.74) is 0.696. The molecule has 106 valence electrons. The van der Waals surface area contributed by atoms with Crippen molar-refractivity contribution in [2.24, 2.45) is 5.92 Å². The molecule has 2 rings (SSSR count). The Morgan fingerprint density at radius 2 is 1.68 bits per heavy atom. The molecular weight excluding hydrogens is 246 g/mol. The van der Waals surface area contributed by atoms with Crippen molar-refractivity contribution < 1.29 is 13.9 Å². The molecular formula is C16H22F2O. The predicted octanol–water partition coefficient (Wildman–Crippen LogP) is 5.13. The molecule has 0 spiro atoms. The van der Waals surface area contributed by atoms with Crippen LogP contribution in [-0.4, -0.2) is 5.11 Å². The van der Waals surface area contributed by atoms with Crippen LogP contribution in [0.2, 0.25) is 0 Å². The van der Waals surface area contributed by atoms with Gasteiger partial charge < -0.3 is 5.11 Å². The van der Waals surface area contributed by atoms with Crippen LogP contribution < -0.4 is 0 Å². The number of hydrogen-bond donors (Lipinski definition) is 1. The van der Waals surface area contributed by atoms with Crippen LogP contribution in [0.1, 0.15) is 63.4 Å². The first-order chi connectivity index (χ1) is 9.11. The van der Waals surface area contributed by atoms with Crippen LogP contribution in [0.3, 0.4) is 0 Å². The molecule has 1 N–H and O–H groups in total. The van der Waals surface area contributed by atoms with Crippen molar-refractivity contribution in [2.75, 3.05) is 0 Å². The first-order valence-corrected chi connectivity index (χ1v) is 7.29. The Balaban J connectivity index is 1.98. The van der Waals surface area contributed by atoms with Gasteiger partial charge in [-0.1, -0.05) is 26.2 Å². The van der Waals surface area contributed by atoms with E-state index in [-0.39, 0.29) is 5.92 Å². The van der Waals surface area contributed by atoms with Gasteiger partial charge in [0.05, 0.1) is 0 Å². The fraction of sp³-hybridized carbons (Fsp3) is 0.625. The van der Waals surface area contributed by atoms with Crippen LogP contribution in [-0.2, 0) is 0 Å². The fourth-order valence-electron chi connectivity index (χ4n) is 3.10. The van der Waals surface area contributed by atoms with Gasteiger partial charge in [0.15, 0.2) is 17.4 Å². The van der Waals surface area contributed by atoms with Crippen molar-refractivity contribution in [3.05, 3.63) is 29.3 Å². The highest BCUT2D eigenvalue weighted by Gasteiger charge is 2.23. The zero-order valence-corrected chi connectivity index (χ0v) is 11.5. The van der Waals surface area contributed by atoms with Gasteiger partial charge in [-0.3, -0.25) is 0 Å². The minimum atomic E-state index is -0.861. The molecule has 0 atom stereocenters. The number of phenolic OH excluding ortho intramolecular Hbond substituents is 1. The van der Waals surface area contributed by atoms with Gasteiger partial charge in [-0.2, -0.15) is 0 Å². The molecule has 3 heteroatoms. The normalized spacial score (nSPS) is 23.5. The Hall–Kier alpha value is -1.12. The fourth-order valence-corrected chi connectivity index (χ4v) is 3.10. The number of benzene rings is 1.